The minimum Gasteiger partial charge on any atom is -0.369 e. The second-order valence-electron chi connectivity index (χ2n) is 4.13. The number of nitrogens with one attached hydrogen (secondary N) is 1. The first-order valence-corrected chi connectivity index (χ1v) is 5.54. The van der Waals surface area contributed by atoms with E-state index in [0.717, 1.165) is 19.5 Å². The molecule has 2 rings (SSSR count). The van der Waals surface area contributed by atoms with Gasteiger partial charge in [-0.15, -0.1) is 0 Å². The zero-order valence-electron chi connectivity index (χ0n) is 9.36. The molecule has 3 heteroatoms. The molecule has 1 aliphatic heterocycles. The highest BCUT2D eigenvalue weighted by molar-refractivity contribution is 5.23. The number of aryl methyl sites for hydroxylation is 1. The van der Waals surface area contributed by atoms with Crippen molar-refractivity contribution in [3.63, 3.8) is 0 Å². The molecule has 0 amide bonds. The van der Waals surface area contributed by atoms with E-state index in [1.54, 1.807) is 0 Å². The molecular formula is C12H18N2O. The van der Waals surface area contributed by atoms with Crippen LogP contribution in [0.25, 0.3) is 0 Å². The number of pyridine rings is 1. The predicted octanol–water partition coefficient (Wildman–Crippen LogP) is 1.83. The smallest absolute Gasteiger partial charge is 0.0818 e. The molecule has 0 spiro atoms. The van der Waals surface area contributed by atoms with Gasteiger partial charge in [0.05, 0.1) is 12.2 Å². The van der Waals surface area contributed by atoms with Crippen molar-refractivity contribution < 1.29 is 4.74 Å². The van der Waals surface area contributed by atoms with Crippen LogP contribution in [0.5, 0.6) is 0 Å². The Labute approximate surface area is 90.9 Å². The summed E-state index contributed by atoms with van der Waals surface area (Å²) >= 11 is 0. The van der Waals surface area contributed by atoms with Crippen molar-refractivity contribution in [2.24, 2.45) is 0 Å². The van der Waals surface area contributed by atoms with Crippen LogP contribution < -0.4 is 5.32 Å². The lowest BCUT2D eigenvalue weighted by Gasteiger charge is -2.19. The van der Waals surface area contributed by atoms with Crippen LogP contribution >= 0.6 is 0 Å². The van der Waals surface area contributed by atoms with Crippen LogP contribution in [0.1, 0.15) is 30.6 Å². The summed E-state index contributed by atoms with van der Waals surface area (Å²) in [5.41, 5.74) is 2.45. The number of hydrogen-bond donors (Lipinski definition) is 1. The van der Waals surface area contributed by atoms with Crippen molar-refractivity contribution in [3.8, 4) is 0 Å². The van der Waals surface area contributed by atoms with E-state index in [1.807, 2.05) is 18.5 Å². The fourth-order valence-electron chi connectivity index (χ4n) is 2.01. The first-order valence-electron chi connectivity index (χ1n) is 5.54. The number of hydrogen-bond acceptors (Lipinski definition) is 3. The van der Waals surface area contributed by atoms with Gasteiger partial charge >= 0.3 is 0 Å². The van der Waals surface area contributed by atoms with Crippen LogP contribution in [0, 0.1) is 6.92 Å². The van der Waals surface area contributed by atoms with E-state index < -0.39 is 0 Å². The van der Waals surface area contributed by atoms with Crippen LogP contribution in [0.4, 0.5) is 0 Å². The second kappa shape index (κ2) is 4.73. The van der Waals surface area contributed by atoms with E-state index in [1.165, 1.54) is 11.1 Å². The maximum Gasteiger partial charge on any atom is 0.0818 e. The molecule has 15 heavy (non-hydrogen) atoms. The molecule has 82 valence electrons. The maximum absolute atomic E-state index is 5.98. The Kier molecular flexibility index (Phi) is 3.34. The molecule has 1 aromatic rings. The van der Waals surface area contributed by atoms with Crippen LogP contribution in [0.15, 0.2) is 18.5 Å². The van der Waals surface area contributed by atoms with Gasteiger partial charge in [-0.25, -0.2) is 0 Å². The molecule has 0 bridgehead atoms. The summed E-state index contributed by atoms with van der Waals surface area (Å²) in [6.45, 7) is 6.25. The highest BCUT2D eigenvalue weighted by Crippen LogP contribution is 2.22. The van der Waals surface area contributed by atoms with Gasteiger partial charge in [0.25, 0.3) is 0 Å². The Morgan fingerprint density at radius 1 is 1.60 bits per heavy atom. The fraction of sp³-hybridized carbons (Fsp3) is 0.583. The summed E-state index contributed by atoms with van der Waals surface area (Å²) < 4.78 is 5.98. The van der Waals surface area contributed by atoms with Crippen molar-refractivity contribution in [3.05, 3.63) is 29.6 Å². The lowest BCUT2D eigenvalue weighted by atomic mass is 10.1. The standard InChI is InChI=1S/C12H18N2O/c1-9-3-5-14-8-12(9)10(2)15-11-4-6-13-7-11/h3,5,8,10-11,13H,4,6-7H2,1-2H3/t10-,11+/m0/s1. The normalized spacial score (nSPS) is 22.9. The summed E-state index contributed by atoms with van der Waals surface area (Å²) in [5, 5.41) is 3.30. The summed E-state index contributed by atoms with van der Waals surface area (Å²) in [5.74, 6) is 0. The molecule has 0 aliphatic carbocycles. The lowest BCUT2D eigenvalue weighted by molar-refractivity contribution is 0.00780. The van der Waals surface area contributed by atoms with E-state index in [9.17, 15) is 0 Å². The highest BCUT2D eigenvalue weighted by Gasteiger charge is 2.19. The highest BCUT2D eigenvalue weighted by atomic mass is 16.5. The zero-order valence-corrected chi connectivity index (χ0v) is 9.36. The predicted molar refractivity (Wildman–Crippen MR) is 59.7 cm³/mol. The SMILES string of the molecule is Cc1ccncc1[C@H](C)O[C@@H]1CCNC1. The molecule has 0 radical (unpaired) electrons. The largest absolute Gasteiger partial charge is 0.369 e. The van der Waals surface area contributed by atoms with Gasteiger partial charge in [-0.05, 0) is 38.4 Å². The van der Waals surface area contributed by atoms with E-state index in [0.29, 0.717) is 6.10 Å². The molecule has 2 heterocycles. The van der Waals surface area contributed by atoms with Gasteiger partial charge in [-0.3, -0.25) is 4.98 Å². The van der Waals surface area contributed by atoms with Crippen LogP contribution in [-0.4, -0.2) is 24.2 Å². The first kappa shape index (κ1) is 10.6. The third-order valence-electron chi connectivity index (χ3n) is 2.93. The van der Waals surface area contributed by atoms with Crippen LogP contribution in [-0.2, 0) is 4.74 Å². The Morgan fingerprint density at radius 2 is 2.47 bits per heavy atom. The third-order valence-corrected chi connectivity index (χ3v) is 2.93. The van der Waals surface area contributed by atoms with Crippen molar-refractivity contribution >= 4 is 0 Å². The Hall–Kier alpha value is -0.930. The monoisotopic (exact) mass is 206 g/mol. The summed E-state index contributed by atoms with van der Waals surface area (Å²) in [4.78, 5) is 4.15. The molecule has 1 saturated heterocycles. The van der Waals surface area contributed by atoms with Crippen LogP contribution in [0.3, 0.4) is 0 Å². The van der Waals surface area contributed by atoms with Crippen molar-refractivity contribution in [2.45, 2.75) is 32.5 Å². The number of ether oxygens (including phenoxy) is 1. The van der Waals surface area contributed by atoms with Crippen molar-refractivity contribution in [2.75, 3.05) is 13.1 Å². The molecule has 1 aromatic heterocycles. The van der Waals surface area contributed by atoms with Gasteiger partial charge in [0.15, 0.2) is 0 Å². The van der Waals surface area contributed by atoms with E-state index in [2.05, 4.69) is 24.1 Å². The number of rotatable bonds is 3. The molecule has 0 aromatic carbocycles. The van der Waals surface area contributed by atoms with Gasteiger partial charge < -0.3 is 10.1 Å². The third kappa shape index (κ3) is 2.55. The molecule has 0 unspecified atom stereocenters. The van der Waals surface area contributed by atoms with E-state index in [-0.39, 0.29) is 6.10 Å². The molecule has 1 aliphatic rings. The topological polar surface area (TPSA) is 34.1 Å². The summed E-state index contributed by atoms with van der Waals surface area (Å²) in [7, 11) is 0. The minimum atomic E-state index is 0.142. The maximum atomic E-state index is 5.98. The Bertz CT molecular complexity index is 321. The molecule has 1 fully saturated rings. The second-order valence-corrected chi connectivity index (χ2v) is 4.13. The molecule has 2 atom stereocenters. The van der Waals surface area contributed by atoms with Gasteiger partial charge in [0.1, 0.15) is 0 Å². The molecule has 1 N–H and O–H groups in total. The van der Waals surface area contributed by atoms with Gasteiger partial charge in [-0.2, -0.15) is 0 Å². The van der Waals surface area contributed by atoms with Crippen molar-refractivity contribution in [1.82, 2.24) is 10.3 Å². The van der Waals surface area contributed by atoms with Crippen molar-refractivity contribution in [1.29, 1.82) is 0 Å². The summed E-state index contributed by atoms with van der Waals surface area (Å²) in [6.07, 6.45) is 5.34. The van der Waals surface area contributed by atoms with Gasteiger partial charge in [0.2, 0.25) is 0 Å². The quantitative estimate of drug-likeness (QED) is 0.819. The van der Waals surface area contributed by atoms with Gasteiger partial charge in [-0.1, -0.05) is 0 Å². The van der Waals surface area contributed by atoms with E-state index in [4.69, 9.17) is 4.74 Å². The number of aromatic nitrogens is 1. The molecule has 0 saturated carbocycles. The summed E-state index contributed by atoms with van der Waals surface area (Å²) in [6, 6.07) is 2.03. The molecular weight excluding hydrogens is 188 g/mol. The first-order chi connectivity index (χ1) is 7.27. The Balaban J connectivity index is 2.00. The number of nitrogens with zero attached hydrogens (tertiary/aromatic N) is 1. The fourth-order valence-corrected chi connectivity index (χ4v) is 2.01. The lowest BCUT2D eigenvalue weighted by Crippen LogP contribution is -2.19. The van der Waals surface area contributed by atoms with Crippen LogP contribution in [0.2, 0.25) is 0 Å². The average molecular weight is 206 g/mol. The minimum absolute atomic E-state index is 0.142. The zero-order chi connectivity index (χ0) is 10.7. The Morgan fingerprint density at radius 3 is 3.13 bits per heavy atom. The van der Waals surface area contributed by atoms with E-state index >= 15 is 0 Å². The molecule has 3 nitrogen and oxygen atoms in total. The average Bonchev–Trinajstić information content (AvgIpc) is 2.71. The van der Waals surface area contributed by atoms with Gasteiger partial charge in [0, 0.05) is 24.5 Å².